The standard InChI is InChI=1S/C27H37N3O6/c1-5-29-15-19-12-23-21(20-9-8-10-22(29)26(19)20)11-18(13-28(23)4)14-30(16-24(31)34-6-2)27(33)36-17-25(32)35-7-3/h8-10,15,18,21,23H,5-7,11-14,16-17H2,1-4H3/t18-,21-,23+/m1/s1. The molecule has 1 amide bonds. The van der Waals surface area contributed by atoms with Crippen molar-refractivity contribution in [2.24, 2.45) is 5.92 Å². The van der Waals surface area contributed by atoms with Crippen molar-refractivity contribution in [3.63, 3.8) is 0 Å². The van der Waals surface area contributed by atoms with Gasteiger partial charge in [0.15, 0.2) is 6.61 Å². The van der Waals surface area contributed by atoms with Crippen LogP contribution in [0, 0.1) is 5.92 Å². The first-order chi connectivity index (χ1) is 17.4. The number of fused-ring (bicyclic) bond motifs is 2. The molecule has 1 aromatic heterocycles. The lowest BCUT2D eigenvalue weighted by atomic mass is 9.72. The molecule has 1 aliphatic carbocycles. The van der Waals surface area contributed by atoms with Crippen LogP contribution < -0.4 is 0 Å². The van der Waals surface area contributed by atoms with Crippen molar-refractivity contribution in [3.8, 4) is 0 Å². The zero-order valence-corrected chi connectivity index (χ0v) is 21.7. The van der Waals surface area contributed by atoms with Gasteiger partial charge in [-0.25, -0.2) is 9.59 Å². The van der Waals surface area contributed by atoms with Gasteiger partial charge in [0.05, 0.1) is 13.2 Å². The smallest absolute Gasteiger partial charge is 0.410 e. The Balaban J connectivity index is 1.53. The Labute approximate surface area is 212 Å². The molecule has 2 heterocycles. The molecule has 3 atom stereocenters. The summed E-state index contributed by atoms with van der Waals surface area (Å²) in [7, 11) is 2.14. The maximum Gasteiger partial charge on any atom is 0.410 e. The summed E-state index contributed by atoms with van der Waals surface area (Å²) in [5.74, 6) is -0.656. The van der Waals surface area contributed by atoms with E-state index >= 15 is 0 Å². The zero-order valence-electron chi connectivity index (χ0n) is 21.7. The lowest BCUT2D eigenvalue weighted by molar-refractivity contribution is -0.147. The molecule has 0 saturated carbocycles. The van der Waals surface area contributed by atoms with Crippen LogP contribution in [0.1, 0.15) is 44.2 Å². The number of rotatable bonds is 9. The number of likely N-dealkylation sites (tertiary alicyclic amines) is 1. The fourth-order valence-electron chi connectivity index (χ4n) is 5.92. The van der Waals surface area contributed by atoms with Gasteiger partial charge in [-0.05, 0) is 63.8 Å². The Morgan fingerprint density at radius 1 is 1.06 bits per heavy atom. The Morgan fingerprint density at radius 3 is 2.53 bits per heavy atom. The molecule has 1 aromatic carbocycles. The molecule has 0 bridgehead atoms. The number of esters is 2. The second-order valence-electron chi connectivity index (χ2n) is 9.65. The highest BCUT2D eigenvalue weighted by atomic mass is 16.6. The van der Waals surface area contributed by atoms with Crippen molar-refractivity contribution in [1.82, 2.24) is 14.4 Å². The van der Waals surface area contributed by atoms with Gasteiger partial charge in [0.25, 0.3) is 0 Å². The van der Waals surface area contributed by atoms with E-state index in [-0.39, 0.29) is 25.7 Å². The average Bonchev–Trinajstić information content (AvgIpc) is 3.22. The Hall–Kier alpha value is -3.07. The van der Waals surface area contributed by atoms with E-state index < -0.39 is 24.6 Å². The highest BCUT2D eigenvalue weighted by molar-refractivity contribution is 5.89. The van der Waals surface area contributed by atoms with Crippen LogP contribution in [0.15, 0.2) is 24.4 Å². The zero-order chi connectivity index (χ0) is 25.8. The van der Waals surface area contributed by atoms with Gasteiger partial charge < -0.3 is 23.7 Å². The number of carbonyl (C=O) groups excluding carboxylic acids is 3. The summed E-state index contributed by atoms with van der Waals surface area (Å²) in [5.41, 5.74) is 4.05. The molecular weight excluding hydrogens is 462 g/mol. The van der Waals surface area contributed by atoms with Crippen molar-refractivity contribution in [3.05, 3.63) is 35.5 Å². The van der Waals surface area contributed by atoms with Crippen LogP contribution in [-0.4, -0.2) is 84.9 Å². The van der Waals surface area contributed by atoms with E-state index in [1.807, 2.05) is 0 Å². The number of carbonyl (C=O) groups is 3. The third-order valence-corrected chi connectivity index (χ3v) is 7.33. The van der Waals surface area contributed by atoms with Gasteiger partial charge >= 0.3 is 18.0 Å². The summed E-state index contributed by atoms with van der Waals surface area (Å²) < 4.78 is 17.4. The number of ether oxygens (including phenoxy) is 3. The predicted octanol–water partition coefficient (Wildman–Crippen LogP) is 3.19. The second kappa shape index (κ2) is 11.3. The van der Waals surface area contributed by atoms with Crippen LogP contribution in [0.5, 0.6) is 0 Å². The van der Waals surface area contributed by atoms with Crippen LogP contribution in [0.4, 0.5) is 4.79 Å². The summed E-state index contributed by atoms with van der Waals surface area (Å²) >= 11 is 0. The Morgan fingerprint density at radius 2 is 1.81 bits per heavy atom. The first-order valence-corrected chi connectivity index (χ1v) is 12.9. The topological polar surface area (TPSA) is 90.3 Å². The van der Waals surface area contributed by atoms with Gasteiger partial charge in [0.1, 0.15) is 6.54 Å². The molecule has 1 aliphatic heterocycles. The summed E-state index contributed by atoms with van der Waals surface area (Å²) in [6, 6.07) is 6.96. The van der Waals surface area contributed by atoms with E-state index in [0.29, 0.717) is 18.5 Å². The number of hydrogen-bond donors (Lipinski definition) is 0. The number of hydrogen-bond acceptors (Lipinski definition) is 7. The van der Waals surface area contributed by atoms with Crippen molar-refractivity contribution in [1.29, 1.82) is 0 Å². The van der Waals surface area contributed by atoms with E-state index in [1.54, 1.807) is 13.8 Å². The largest absolute Gasteiger partial charge is 0.465 e. The van der Waals surface area contributed by atoms with E-state index in [2.05, 4.69) is 47.8 Å². The first-order valence-electron chi connectivity index (χ1n) is 12.9. The molecule has 9 nitrogen and oxygen atoms in total. The molecular formula is C27H37N3O6. The molecule has 0 radical (unpaired) electrons. The number of amides is 1. The first kappa shape index (κ1) is 26.0. The Kier molecular flexibility index (Phi) is 8.18. The molecule has 0 unspecified atom stereocenters. The Bertz CT molecular complexity index is 1110. The van der Waals surface area contributed by atoms with Crippen LogP contribution in [0.2, 0.25) is 0 Å². The molecule has 36 heavy (non-hydrogen) atoms. The quantitative estimate of drug-likeness (QED) is 0.387. The molecule has 196 valence electrons. The van der Waals surface area contributed by atoms with Crippen LogP contribution >= 0.6 is 0 Å². The molecule has 1 saturated heterocycles. The van der Waals surface area contributed by atoms with E-state index in [9.17, 15) is 14.4 Å². The van der Waals surface area contributed by atoms with Crippen molar-refractivity contribution in [2.75, 3.05) is 46.5 Å². The molecule has 1 fully saturated rings. The third-order valence-electron chi connectivity index (χ3n) is 7.33. The summed E-state index contributed by atoms with van der Waals surface area (Å²) in [5, 5.41) is 1.37. The number of aromatic nitrogens is 1. The SMILES string of the molecule is CCOC(=O)COC(=O)N(CC(=O)OCC)C[C@@H]1C[C@@H]2c3cccc4c3c(cn4CC)C[C@@H]2N(C)C1. The molecule has 9 heteroatoms. The minimum atomic E-state index is -0.714. The highest BCUT2D eigenvalue weighted by Gasteiger charge is 2.40. The van der Waals surface area contributed by atoms with E-state index in [4.69, 9.17) is 14.2 Å². The lowest BCUT2D eigenvalue weighted by Crippen LogP contribution is -2.51. The molecule has 0 N–H and O–H groups in total. The molecule has 0 spiro atoms. The lowest BCUT2D eigenvalue weighted by Gasteiger charge is -2.46. The maximum atomic E-state index is 12.9. The third kappa shape index (κ3) is 5.36. The number of benzene rings is 1. The van der Waals surface area contributed by atoms with Gasteiger partial charge in [-0.2, -0.15) is 0 Å². The van der Waals surface area contributed by atoms with Crippen LogP contribution in [0.3, 0.4) is 0 Å². The van der Waals surface area contributed by atoms with Gasteiger partial charge in [0.2, 0.25) is 0 Å². The molecule has 4 rings (SSSR count). The molecule has 2 aliphatic rings. The molecule has 2 aromatic rings. The fraction of sp³-hybridized carbons (Fsp3) is 0.593. The van der Waals surface area contributed by atoms with Gasteiger partial charge in [-0.1, -0.05) is 12.1 Å². The van der Waals surface area contributed by atoms with Gasteiger partial charge in [-0.15, -0.1) is 0 Å². The van der Waals surface area contributed by atoms with E-state index in [1.165, 1.54) is 26.9 Å². The maximum absolute atomic E-state index is 12.9. The van der Waals surface area contributed by atoms with Crippen molar-refractivity contribution in [2.45, 2.75) is 52.1 Å². The number of nitrogens with zero attached hydrogens (tertiary/aromatic N) is 3. The number of aryl methyl sites for hydroxylation is 1. The van der Waals surface area contributed by atoms with Gasteiger partial charge in [-0.3, -0.25) is 9.69 Å². The van der Waals surface area contributed by atoms with Gasteiger partial charge in [0, 0.05) is 48.7 Å². The summed E-state index contributed by atoms with van der Waals surface area (Å²) in [6.45, 7) is 7.38. The minimum Gasteiger partial charge on any atom is -0.465 e. The predicted molar refractivity (Wildman–Crippen MR) is 135 cm³/mol. The average molecular weight is 500 g/mol. The number of piperidine rings is 1. The van der Waals surface area contributed by atoms with Crippen molar-refractivity contribution < 1.29 is 28.6 Å². The monoisotopic (exact) mass is 499 g/mol. The fourth-order valence-corrected chi connectivity index (χ4v) is 5.92. The summed E-state index contributed by atoms with van der Waals surface area (Å²) in [4.78, 5) is 40.5. The second-order valence-corrected chi connectivity index (χ2v) is 9.65. The summed E-state index contributed by atoms with van der Waals surface area (Å²) in [6.07, 6.45) is 3.48. The van der Waals surface area contributed by atoms with Crippen LogP contribution in [0.25, 0.3) is 10.9 Å². The van der Waals surface area contributed by atoms with Crippen LogP contribution in [-0.2, 0) is 36.8 Å². The van der Waals surface area contributed by atoms with E-state index in [0.717, 1.165) is 25.9 Å². The minimum absolute atomic E-state index is 0.130. The van der Waals surface area contributed by atoms with Crippen molar-refractivity contribution >= 4 is 28.9 Å². The number of likely N-dealkylation sites (N-methyl/N-ethyl adjacent to an activating group) is 1. The normalized spacial score (nSPS) is 21.1. The highest BCUT2D eigenvalue weighted by Crippen LogP contribution is 2.45.